The Bertz CT molecular complexity index is 424. The molecule has 3 saturated heterocycles. The third-order valence-corrected chi connectivity index (χ3v) is 5.79. The van der Waals surface area contributed by atoms with E-state index in [-0.39, 0.29) is 36.2 Å². The molecule has 3 fully saturated rings. The number of hydrogen-bond donors (Lipinski definition) is 1. The van der Waals surface area contributed by atoms with Crippen molar-refractivity contribution in [2.24, 2.45) is 10.9 Å². The highest BCUT2D eigenvalue weighted by Gasteiger charge is 2.32. The molecule has 0 spiro atoms. The molecule has 7 heteroatoms. The lowest BCUT2D eigenvalue weighted by molar-refractivity contribution is -0.0816. The molecule has 0 aromatic heterocycles. The molecule has 3 aliphatic heterocycles. The molecule has 2 unspecified atom stereocenters. The lowest BCUT2D eigenvalue weighted by Gasteiger charge is -2.37. The molecule has 0 bridgehead atoms. The van der Waals surface area contributed by atoms with Crippen LogP contribution in [0.25, 0.3) is 0 Å². The smallest absolute Gasteiger partial charge is 0.193 e. The van der Waals surface area contributed by atoms with Crippen molar-refractivity contribution < 1.29 is 9.47 Å². The first-order chi connectivity index (χ1) is 12.3. The van der Waals surface area contributed by atoms with Crippen LogP contribution in [-0.2, 0) is 9.47 Å². The summed E-state index contributed by atoms with van der Waals surface area (Å²) in [7, 11) is 1.88. The Morgan fingerprint density at radius 3 is 2.54 bits per heavy atom. The number of guanidine groups is 1. The maximum atomic E-state index is 5.94. The molecule has 3 aliphatic rings. The third-order valence-electron chi connectivity index (χ3n) is 5.79. The van der Waals surface area contributed by atoms with Gasteiger partial charge in [-0.1, -0.05) is 6.92 Å². The van der Waals surface area contributed by atoms with E-state index >= 15 is 0 Å². The zero-order valence-electron chi connectivity index (χ0n) is 16.5. The number of piperidine rings is 1. The van der Waals surface area contributed by atoms with E-state index in [2.05, 4.69) is 27.0 Å². The van der Waals surface area contributed by atoms with Crippen LogP contribution < -0.4 is 5.32 Å². The highest BCUT2D eigenvalue weighted by Crippen LogP contribution is 2.21. The second-order valence-electron chi connectivity index (χ2n) is 7.76. The molecular formula is C19H37IN4O2. The molecule has 0 radical (unpaired) electrons. The highest BCUT2D eigenvalue weighted by molar-refractivity contribution is 14.0. The van der Waals surface area contributed by atoms with Crippen molar-refractivity contribution in [1.29, 1.82) is 0 Å². The van der Waals surface area contributed by atoms with Crippen molar-refractivity contribution in [2.45, 2.75) is 51.2 Å². The van der Waals surface area contributed by atoms with Crippen molar-refractivity contribution in [1.82, 2.24) is 15.1 Å². The van der Waals surface area contributed by atoms with Crippen molar-refractivity contribution in [3.8, 4) is 0 Å². The molecule has 0 aliphatic carbocycles. The molecule has 26 heavy (non-hydrogen) atoms. The van der Waals surface area contributed by atoms with Crippen molar-refractivity contribution in [3.05, 3.63) is 0 Å². The van der Waals surface area contributed by atoms with Gasteiger partial charge in [0, 0.05) is 33.3 Å². The summed E-state index contributed by atoms with van der Waals surface area (Å²) in [5.41, 5.74) is 0. The second kappa shape index (κ2) is 11.7. The lowest BCUT2D eigenvalue weighted by atomic mass is 9.99. The normalized spacial score (nSPS) is 28.8. The van der Waals surface area contributed by atoms with Crippen LogP contribution in [0.3, 0.4) is 0 Å². The summed E-state index contributed by atoms with van der Waals surface area (Å²) in [5.74, 6) is 1.92. The van der Waals surface area contributed by atoms with Crippen molar-refractivity contribution in [3.63, 3.8) is 0 Å². The summed E-state index contributed by atoms with van der Waals surface area (Å²) in [4.78, 5) is 9.42. The number of halogens is 1. The van der Waals surface area contributed by atoms with Crippen LogP contribution in [0.4, 0.5) is 0 Å². The molecular weight excluding hydrogens is 443 g/mol. The largest absolute Gasteiger partial charge is 0.375 e. The number of ether oxygens (including phenoxy) is 2. The fourth-order valence-corrected chi connectivity index (χ4v) is 4.11. The van der Waals surface area contributed by atoms with E-state index in [9.17, 15) is 0 Å². The SMILES string of the molecule is CN=C(NCCCN1CCC(C)CC1)N1CCOC(C2CCCO2)C1.I. The van der Waals surface area contributed by atoms with Gasteiger partial charge in [0.25, 0.3) is 0 Å². The first kappa shape index (κ1) is 22.2. The van der Waals surface area contributed by atoms with E-state index in [4.69, 9.17) is 9.47 Å². The first-order valence-electron chi connectivity index (χ1n) is 10.2. The van der Waals surface area contributed by atoms with E-state index in [1.165, 1.54) is 38.9 Å². The molecule has 0 aromatic carbocycles. The minimum absolute atomic E-state index is 0. The quantitative estimate of drug-likeness (QED) is 0.283. The number of nitrogens with zero attached hydrogens (tertiary/aromatic N) is 3. The van der Waals surface area contributed by atoms with Crippen LogP contribution >= 0.6 is 24.0 Å². The molecule has 1 N–H and O–H groups in total. The van der Waals surface area contributed by atoms with E-state index < -0.39 is 0 Å². The van der Waals surface area contributed by atoms with Gasteiger partial charge >= 0.3 is 0 Å². The van der Waals surface area contributed by atoms with E-state index in [0.29, 0.717) is 0 Å². The van der Waals surface area contributed by atoms with Gasteiger partial charge in [0.2, 0.25) is 0 Å². The average molecular weight is 480 g/mol. The van der Waals surface area contributed by atoms with Gasteiger partial charge in [0.1, 0.15) is 6.10 Å². The maximum absolute atomic E-state index is 5.94. The number of aliphatic imine (C=N–C) groups is 1. The minimum Gasteiger partial charge on any atom is -0.375 e. The van der Waals surface area contributed by atoms with Gasteiger partial charge in [-0.15, -0.1) is 24.0 Å². The summed E-state index contributed by atoms with van der Waals surface area (Å²) in [6, 6.07) is 0. The average Bonchev–Trinajstić information content (AvgIpc) is 3.18. The van der Waals surface area contributed by atoms with Crippen molar-refractivity contribution >= 4 is 29.9 Å². The van der Waals surface area contributed by atoms with Gasteiger partial charge in [-0.05, 0) is 57.7 Å². The Hall–Kier alpha value is -0.120. The minimum atomic E-state index is 0. The van der Waals surface area contributed by atoms with Crippen LogP contribution in [0.5, 0.6) is 0 Å². The summed E-state index contributed by atoms with van der Waals surface area (Å²) in [6.07, 6.45) is 6.62. The Morgan fingerprint density at radius 2 is 1.85 bits per heavy atom. The number of morpholine rings is 1. The van der Waals surface area contributed by atoms with Crippen LogP contribution in [0.2, 0.25) is 0 Å². The van der Waals surface area contributed by atoms with Gasteiger partial charge in [0.05, 0.1) is 12.7 Å². The Balaban J connectivity index is 0.00000243. The van der Waals surface area contributed by atoms with Crippen LogP contribution in [-0.4, -0.2) is 87.5 Å². The molecule has 3 rings (SSSR count). The van der Waals surface area contributed by atoms with Gasteiger partial charge in [-0.2, -0.15) is 0 Å². The lowest BCUT2D eigenvalue weighted by Crippen LogP contribution is -2.53. The molecule has 6 nitrogen and oxygen atoms in total. The monoisotopic (exact) mass is 480 g/mol. The first-order valence-corrected chi connectivity index (χ1v) is 10.2. The van der Waals surface area contributed by atoms with E-state index in [1.807, 2.05) is 7.05 Å². The van der Waals surface area contributed by atoms with Crippen LogP contribution in [0.1, 0.15) is 39.0 Å². The molecule has 152 valence electrons. The summed E-state index contributed by atoms with van der Waals surface area (Å²) < 4.78 is 11.8. The fourth-order valence-electron chi connectivity index (χ4n) is 4.11. The van der Waals surface area contributed by atoms with E-state index in [0.717, 1.165) is 57.6 Å². The molecule has 3 heterocycles. The summed E-state index contributed by atoms with van der Waals surface area (Å²) in [5, 5.41) is 3.55. The predicted molar refractivity (Wildman–Crippen MR) is 117 cm³/mol. The second-order valence-corrected chi connectivity index (χ2v) is 7.76. The zero-order valence-corrected chi connectivity index (χ0v) is 18.8. The molecule has 0 amide bonds. The Kier molecular flexibility index (Phi) is 9.94. The van der Waals surface area contributed by atoms with Gasteiger partial charge in [0.15, 0.2) is 5.96 Å². The Morgan fingerprint density at radius 1 is 1.08 bits per heavy atom. The van der Waals surface area contributed by atoms with Crippen molar-refractivity contribution in [2.75, 3.05) is 59.5 Å². The zero-order chi connectivity index (χ0) is 17.5. The van der Waals surface area contributed by atoms with E-state index in [1.54, 1.807) is 0 Å². The number of likely N-dealkylation sites (tertiary alicyclic amines) is 1. The van der Waals surface area contributed by atoms with Gasteiger partial charge < -0.3 is 24.6 Å². The Labute approximate surface area is 176 Å². The summed E-state index contributed by atoms with van der Waals surface area (Å²) >= 11 is 0. The maximum Gasteiger partial charge on any atom is 0.193 e. The van der Waals surface area contributed by atoms with Crippen LogP contribution in [0, 0.1) is 5.92 Å². The standard InChI is InChI=1S/C19H36N4O2.HI/c1-16-6-10-22(11-7-16)9-4-8-21-19(20-2)23-12-14-25-18(15-23)17-5-3-13-24-17;/h16-18H,3-15H2,1-2H3,(H,20,21);1H. The predicted octanol–water partition coefficient (Wildman–Crippen LogP) is 2.18. The molecule has 0 aromatic rings. The number of hydrogen-bond acceptors (Lipinski definition) is 4. The number of rotatable bonds is 5. The van der Waals surface area contributed by atoms with Crippen LogP contribution in [0.15, 0.2) is 4.99 Å². The van der Waals surface area contributed by atoms with Gasteiger partial charge in [-0.25, -0.2) is 0 Å². The third kappa shape index (κ3) is 6.49. The topological polar surface area (TPSA) is 49.3 Å². The highest BCUT2D eigenvalue weighted by atomic mass is 127. The summed E-state index contributed by atoms with van der Waals surface area (Å²) in [6.45, 7) is 10.5. The molecule has 2 atom stereocenters. The number of nitrogens with one attached hydrogen (secondary N) is 1. The fraction of sp³-hybridized carbons (Fsp3) is 0.947. The molecule has 0 saturated carbocycles. The van der Waals surface area contributed by atoms with Gasteiger partial charge in [-0.3, -0.25) is 4.99 Å².